The van der Waals surface area contributed by atoms with Crippen LogP contribution in [0.25, 0.3) is 0 Å². The number of aromatic nitrogens is 2. The van der Waals surface area contributed by atoms with E-state index in [1.54, 1.807) is 18.7 Å². The molecule has 0 spiro atoms. The summed E-state index contributed by atoms with van der Waals surface area (Å²) in [6.45, 7) is 5.49. The summed E-state index contributed by atoms with van der Waals surface area (Å²) in [6, 6.07) is 7.58. The average Bonchev–Trinajstić information content (AvgIpc) is 2.85. The Bertz CT molecular complexity index is 610. The van der Waals surface area contributed by atoms with E-state index in [1.807, 2.05) is 38.1 Å². The summed E-state index contributed by atoms with van der Waals surface area (Å²) in [5.41, 5.74) is 0. The van der Waals surface area contributed by atoms with Gasteiger partial charge in [-0.15, -0.1) is 11.8 Å². The van der Waals surface area contributed by atoms with Crippen molar-refractivity contribution in [2.75, 3.05) is 0 Å². The average molecular weight is 325 g/mol. The van der Waals surface area contributed by atoms with E-state index in [2.05, 4.69) is 10.1 Å². The lowest BCUT2D eigenvalue weighted by molar-refractivity contribution is -0.119. The minimum atomic E-state index is -0.327. The topological polar surface area (TPSA) is 56.0 Å². The highest BCUT2D eigenvalue weighted by Crippen LogP contribution is 2.26. The monoisotopic (exact) mass is 324 g/mol. The smallest absolute Gasteiger partial charge is 0.237 e. The summed E-state index contributed by atoms with van der Waals surface area (Å²) in [5, 5.41) is 4.66. The maximum atomic E-state index is 11.7. The van der Waals surface area contributed by atoms with Gasteiger partial charge in [-0.3, -0.25) is 4.79 Å². The molecule has 112 valence electrons. The molecule has 0 bridgehead atoms. The second-order valence-electron chi connectivity index (χ2n) is 5.12. The van der Waals surface area contributed by atoms with Gasteiger partial charge in [0.15, 0.2) is 5.82 Å². The zero-order valence-corrected chi connectivity index (χ0v) is 13.7. The molecular weight excluding hydrogens is 308 g/mol. The number of hydrogen-bond donors (Lipinski definition) is 0. The second-order valence-corrected chi connectivity index (χ2v) is 6.61. The van der Waals surface area contributed by atoms with Gasteiger partial charge in [-0.1, -0.05) is 30.6 Å². The van der Waals surface area contributed by atoms with Crippen molar-refractivity contribution in [1.82, 2.24) is 10.1 Å². The Morgan fingerprint density at radius 2 is 2.00 bits per heavy atom. The summed E-state index contributed by atoms with van der Waals surface area (Å²) < 4.78 is 5.24. The number of rotatable bonds is 6. The van der Waals surface area contributed by atoms with Crippen LogP contribution >= 0.6 is 23.4 Å². The predicted molar refractivity (Wildman–Crippen MR) is 83.6 cm³/mol. The third kappa shape index (κ3) is 4.32. The summed E-state index contributed by atoms with van der Waals surface area (Å²) >= 11 is 7.44. The molecule has 2 rings (SSSR count). The largest absolute Gasteiger partial charge is 0.339 e. The quantitative estimate of drug-likeness (QED) is 0.740. The van der Waals surface area contributed by atoms with E-state index >= 15 is 0 Å². The third-order valence-electron chi connectivity index (χ3n) is 3.04. The van der Waals surface area contributed by atoms with Crippen LogP contribution in [0.4, 0.5) is 0 Å². The number of halogens is 1. The molecule has 1 heterocycles. The minimum absolute atomic E-state index is 0.0468. The fourth-order valence-electron chi connectivity index (χ4n) is 2.06. The molecule has 0 amide bonds. The van der Waals surface area contributed by atoms with E-state index in [1.165, 1.54) is 0 Å². The molecule has 0 aliphatic carbocycles. The van der Waals surface area contributed by atoms with Gasteiger partial charge in [-0.25, -0.2) is 0 Å². The molecule has 0 aliphatic heterocycles. The molecule has 21 heavy (non-hydrogen) atoms. The number of Topliss-reactive ketones (excluding diaryl/α,β-unsaturated/α-hetero) is 1. The first kappa shape index (κ1) is 16.0. The zero-order chi connectivity index (χ0) is 15.4. The van der Waals surface area contributed by atoms with Crippen molar-refractivity contribution in [3.05, 3.63) is 41.0 Å². The maximum Gasteiger partial charge on any atom is 0.237 e. The van der Waals surface area contributed by atoms with Crippen molar-refractivity contribution in [3.63, 3.8) is 0 Å². The number of thioether (sulfide) groups is 1. The number of hydrogen-bond acceptors (Lipinski definition) is 5. The normalized spacial score (nSPS) is 12.6. The van der Waals surface area contributed by atoms with Gasteiger partial charge in [0.2, 0.25) is 5.89 Å². The first-order valence-corrected chi connectivity index (χ1v) is 8.05. The van der Waals surface area contributed by atoms with Crippen LogP contribution in [0.3, 0.4) is 0 Å². The lowest BCUT2D eigenvalue weighted by atomic mass is 9.92. The van der Waals surface area contributed by atoms with E-state index in [0.29, 0.717) is 22.5 Å². The molecule has 4 nitrogen and oxygen atoms in total. The molecule has 2 aromatic rings. The molecule has 0 radical (unpaired) electrons. The van der Waals surface area contributed by atoms with E-state index < -0.39 is 0 Å². The van der Waals surface area contributed by atoms with E-state index in [9.17, 15) is 4.79 Å². The first-order valence-electron chi connectivity index (χ1n) is 6.68. The molecule has 1 unspecified atom stereocenters. The van der Waals surface area contributed by atoms with Crippen LogP contribution < -0.4 is 0 Å². The van der Waals surface area contributed by atoms with Gasteiger partial charge >= 0.3 is 0 Å². The van der Waals surface area contributed by atoms with Gasteiger partial charge in [-0.2, -0.15) is 4.98 Å². The van der Waals surface area contributed by atoms with Crippen LogP contribution in [0.1, 0.15) is 38.4 Å². The number of carbonyl (C=O) groups excluding carboxylic acids is 1. The predicted octanol–water partition coefficient (Wildman–Crippen LogP) is 4.34. The molecule has 0 N–H and O–H groups in total. The Kier molecular flexibility index (Phi) is 5.42. The Hall–Kier alpha value is -1.33. The van der Waals surface area contributed by atoms with Crippen molar-refractivity contribution in [1.29, 1.82) is 0 Å². The number of ketones is 1. The van der Waals surface area contributed by atoms with Crippen molar-refractivity contribution < 1.29 is 9.32 Å². The molecule has 0 saturated carbocycles. The van der Waals surface area contributed by atoms with Gasteiger partial charge in [0.1, 0.15) is 5.78 Å². The molecule has 0 aliphatic rings. The van der Waals surface area contributed by atoms with Gasteiger partial charge in [-0.05, 0) is 37.1 Å². The van der Waals surface area contributed by atoms with Crippen molar-refractivity contribution in [2.45, 2.75) is 37.3 Å². The standard InChI is InChI=1S/C15H17ClN2O2S/c1-9(2)14(10(3)19)15-17-13(18-20-15)8-21-12-6-4-11(16)5-7-12/h4-7,9,14H,8H2,1-3H3. The van der Waals surface area contributed by atoms with Crippen LogP contribution in [0.2, 0.25) is 5.02 Å². The van der Waals surface area contributed by atoms with Gasteiger partial charge in [0.25, 0.3) is 0 Å². The van der Waals surface area contributed by atoms with Gasteiger partial charge < -0.3 is 4.52 Å². The zero-order valence-electron chi connectivity index (χ0n) is 12.2. The van der Waals surface area contributed by atoms with Crippen molar-refractivity contribution in [2.24, 2.45) is 5.92 Å². The Labute approximate surface area is 133 Å². The summed E-state index contributed by atoms with van der Waals surface area (Å²) in [5.74, 6) is 1.45. The fraction of sp³-hybridized carbons (Fsp3) is 0.400. The number of carbonyl (C=O) groups is 1. The highest BCUT2D eigenvalue weighted by molar-refractivity contribution is 7.98. The summed E-state index contributed by atoms with van der Waals surface area (Å²) in [4.78, 5) is 17.1. The van der Waals surface area contributed by atoms with Crippen LogP contribution in [0.5, 0.6) is 0 Å². The van der Waals surface area contributed by atoms with E-state index in [-0.39, 0.29) is 17.6 Å². The SMILES string of the molecule is CC(=O)C(c1nc(CSc2ccc(Cl)cc2)no1)C(C)C. The van der Waals surface area contributed by atoms with Gasteiger partial charge in [0, 0.05) is 9.92 Å². The molecule has 6 heteroatoms. The van der Waals surface area contributed by atoms with Crippen molar-refractivity contribution >= 4 is 29.1 Å². The summed E-state index contributed by atoms with van der Waals surface area (Å²) in [7, 11) is 0. The Morgan fingerprint density at radius 1 is 1.33 bits per heavy atom. The molecule has 1 atom stereocenters. The molecular formula is C15H17ClN2O2S. The molecule has 1 aromatic carbocycles. The second kappa shape index (κ2) is 7.09. The highest BCUT2D eigenvalue weighted by atomic mass is 35.5. The molecule has 0 saturated heterocycles. The fourth-order valence-corrected chi connectivity index (χ4v) is 2.93. The number of benzene rings is 1. The first-order chi connectivity index (χ1) is 9.97. The van der Waals surface area contributed by atoms with Gasteiger partial charge in [0.05, 0.1) is 11.7 Å². The summed E-state index contributed by atoms with van der Waals surface area (Å²) in [6.07, 6.45) is 0. The van der Waals surface area contributed by atoms with Crippen LogP contribution in [-0.4, -0.2) is 15.9 Å². The highest BCUT2D eigenvalue weighted by Gasteiger charge is 2.26. The lowest BCUT2D eigenvalue weighted by Gasteiger charge is -2.12. The minimum Gasteiger partial charge on any atom is -0.339 e. The molecule has 1 aromatic heterocycles. The number of nitrogens with zero attached hydrogens (tertiary/aromatic N) is 2. The van der Waals surface area contributed by atoms with Crippen LogP contribution in [0.15, 0.2) is 33.7 Å². The van der Waals surface area contributed by atoms with E-state index in [4.69, 9.17) is 16.1 Å². The van der Waals surface area contributed by atoms with Crippen molar-refractivity contribution in [3.8, 4) is 0 Å². The third-order valence-corrected chi connectivity index (χ3v) is 4.30. The van der Waals surface area contributed by atoms with E-state index in [0.717, 1.165) is 4.90 Å². The Balaban J connectivity index is 2.02. The van der Waals surface area contributed by atoms with Crippen LogP contribution in [-0.2, 0) is 10.5 Å². The van der Waals surface area contributed by atoms with Crippen LogP contribution in [0, 0.1) is 5.92 Å². The Morgan fingerprint density at radius 3 is 2.57 bits per heavy atom. The molecule has 0 fully saturated rings. The maximum absolute atomic E-state index is 11.7. The lowest BCUT2D eigenvalue weighted by Crippen LogP contribution is -2.15.